The molecule has 170 valence electrons. The van der Waals surface area contributed by atoms with E-state index in [9.17, 15) is 22.8 Å². The number of hydrogen-bond acceptors (Lipinski definition) is 4. The quantitative estimate of drug-likeness (QED) is 0.498. The van der Waals surface area contributed by atoms with Crippen LogP contribution in [0.4, 0.5) is 13.2 Å². The van der Waals surface area contributed by atoms with E-state index in [1.807, 2.05) is 0 Å². The lowest BCUT2D eigenvalue weighted by molar-refractivity contribution is -0.161. The highest BCUT2D eigenvalue weighted by atomic mass is 19.4. The van der Waals surface area contributed by atoms with Crippen molar-refractivity contribution in [1.82, 2.24) is 10.6 Å². The van der Waals surface area contributed by atoms with Gasteiger partial charge in [-0.3, -0.25) is 10.1 Å². The first-order valence-corrected chi connectivity index (χ1v) is 9.94. The molecule has 0 saturated carbocycles. The van der Waals surface area contributed by atoms with E-state index in [1.54, 1.807) is 32.0 Å². The van der Waals surface area contributed by atoms with Gasteiger partial charge in [-0.25, -0.2) is 4.79 Å². The summed E-state index contributed by atoms with van der Waals surface area (Å²) in [5, 5.41) is 22.3. The average Bonchev–Trinajstić information content (AvgIpc) is 2.74. The molecule has 2 aromatic rings. The number of amides is 1. The zero-order chi connectivity index (χ0) is 23.9. The number of nitriles is 1. The van der Waals surface area contributed by atoms with Gasteiger partial charge in [0.15, 0.2) is 0 Å². The van der Waals surface area contributed by atoms with Gasteiger partial charge in [-0.05, 0) is 41.2 Å². The van der Waals surface area contributed by atoms with Gasteiger partial charge in [0, 0.05) is 0 Å². The fourth-order valence-corrected chi connectivity index (χ4v) is 3.23. The number of carbonyl (C=O) groups is 2. The van der Waals surface area contributed by atoms with E-state index in [0.717, 1.165) is 0 Å². The van der Waals surface area contributed by atoms with Gasteiger partial charge in [0.1, 0.15) is 12.6 Å². The first kappa shape index (κ1) is 24.9. The number of nitrogens with zero attached hydrogens (tertiary/aromatic N) is 1. The molecular formula is C23H24F3N3O3. The van der Waals surface area contributed by atoms with Crippen molar-refractivity contribution < 1.29 is 27.9 Å². The Hall–Kier alpha value is -3.38. The minimum Gasteiger partial charge on any atom is -0.478 e. The van der Waals surface area contributed by atoms with Crippen LogP contribution in [-0.4, -0.2) is 35.7 Å². The van der Waals surface area contributed by atoms with Crippen molar-refractivity contribution in [2.24, 2.45) is 5.92 Å². The molecule has 0 aromatic heterocycles. The number of alkyl halides is 3. The third-order valence-electron chi connectivity index (χ3n) is 4.77. The standard InChI is InChI=1S/C23H24F3N3O3/c1-14(2)13-19(21(30)28-12-11-27)29-20(23(24,25)26)17-7-3-15(4-8-17)16-5-9-18(10-6-16)22(31)32/h3-10,14,19-20,29H,12-13H2,1-2H3,(H,28,30)(H,31,32). The monoisotopic (exact) mass is 447 g/mol. The van der Waals surface area contributed by atoms with Crippen molar-refractivity contribution in [2.75, 3.05) is 6.54 Å². The van der Waals surface area contributed by atoms with Crippen LogP contribution in [0.25, 0.3) is 11.1 Å². The topological polar surface area (TPSA) is 102 Å². The molecule has 0 saturated heterocycles. The summed E-state index contributed by atoms with van der Waals surface area (Å²) in [5.74, 6) is -1.78. The molecule has 0 aliphatic heterocycles. The largest absolute Gasteiger partial charge is 0.478 e. The number of hydrogen-bond donors (Lipinski definition) is 3. The third kappa shape index (κ3) is 6.82. The summed E-state index contributed by atoms with van der Waals surface area (Å²) < 4.78 is 41.6. The smallest absolute Gasteiger partial charge is 0.407 e. The van der Waals surface area contributed by atoms with E-state index in [0.29, 0.717) is 11.1 Å². The average molecular weight is 447 g/mol. The van der Waals surface area contributed by atoms with Crippen molar-refractivity contribution in [3.8, 4) is 17.2 Å². The summed E-state index contributed by atoms with van der Waals surface area (Å²) in [7, 11) is 0. The Morgan fingerprint density at radius 1 is 1.03 bits per heavy atom. The van der Waals surface area contributed by atoms with Gasteiger partial charge < -0.3 is 10.4 Å². The molecule has 6 nitrogen and oxygen atoms in total. The van der Waals surface area contributed by atoms with Crippen LogP contribution >= 0.6 is 0 Å². The van der Waals surface area contributed by atoms with Gasteiger partial charge in [0.25, 0.3) is 0 Å². The fraction of sp³-hybridized carbons (Fsp3) is 0.348. The zero-order valence-electron chi connectivity index (χ0n) is 17.6. The normalized spacial score (nSPS) is 13.3. The van der Waals surface area contributed by atoms with Crippen LogP contribution in [0.5, 0.6) is 0 Å². The Balaban J connectivity index is 2.29. The summed E-state index contributed by atoms with van der Waals surface area (Å²) in [5.41, 5.74) is 1.33. The Morgan fingerprint density at radius 3 is 2.00 bits per heavy atom. The Bertz CT molecular complexity index is 965. The highest BCUT2D eigenvalue weighted by Gasteiger charge is 2.42. The van der Waals surface area contributed by atoms with Crippen molar-refractivity contribution >= 4 is 11.9 Å². The molecule has 2 aromatic carbocycles. The molecule has 0 spiro atoms. The summed E-state index contributed by atoms with van der Waals surface area (Å²) in [6.07, 6.45) is -4.49. The maximum Gasteiger partial charge on any atom is 0.407 e. The molecule has 2 atom stereocenters. The zero-order valence-corrected chi connectivity index (χ0v) is 17.6. The summed E-state index contributed by atoms with van der Waals surface area (Å²) in [6.45, 7) is 3.29. The number of carboxylic acids is 1. The highest BCUT2D eigenvalue weighted by molar-refractivity contribution is 5.88. The second kappa shape index (κ2) is 10.8. The maximum absolute atomic E-state index is 13.9. The molecular weight excluding hydrogens is 423 g/mol. The van der Waals surface area contributed by atoms with Crippen LogP contribution < -0.4 is 10.6 Å². The van der Waals surface area contributed by atoms with Crippen LogP contribution in [0.1, 0.15) is 42.2 Å². The lowest BCUT2D eigenvalue weighted by Crippen LogP contribution is -2.49. The molecule has 2 unspecified atom stereocenters. The number of benzene rings is 2. The van der Waals surface area contributed by atoms with Crippen molar-refractivity contribution in [2.45, 2.75) is 38.5 Å². The SMILES string of the molecule is CC(C)CC(NC(c1ccc(-c2ccc(C(=O)O)cc2)cc1)C(F)(F)F)C(=O)NCC#N. The summed E-state index contributed by atoms with van der Waals surface area (Å²) >= 11 is 0. The van der Waals surface area contributed by atoms with Crippen LogP contribution in [0.2, 0.25) is 0 Å². The van der Waals surface area contributed by atoms with E-state index in [4.69, 9.17) is 10.4 Å². The van der Waals surface area contributed by atoms with Crippen LogP contribution in [-0.2, 0) is 4.79 Å². The van der Waals surface area contributed by atoms with Crippen LogP contribution in [0.15, 0.2) is 48.5 Å². The number of carbonyl (C=O) groups excluding carboxylic acids is 1. The van der Waals surface area contributed by atoms with E-state index in [-0.39, 0.29) is 30.0 Å². The molecule has 0 aliphatic carbocycles. The fourth-order valence-electron chi connectivity index (χ4n) is 3.23. The minimum atomic E-state index is -4.66. The molecule has 0 fully saturated rings. The minimum absolute atomic E-state index is 0.0506. The maximum atomic E-state index is 13.9. The van der Waals surface area contributed by atoms with Gasteiger partial charge in [0.05, 0.1) is 17.7 Å². The predicted molar refractivity (Wildman–Crippen MR) is 113 cm³/mol. The number of carboxylic acid groups (broad SMARTS) is 1. The molecule has 32 heavy (non-hydrogen) atoms. The summed E-state index contributed by atoms with van der Waals surface area (Å²) in [6, 6.07) is 10.2. The lowest BCUT2D eigenvalue weighted by atomic mass is 9.97. The van der Waals surface area contributed by atoms with E-state index in [1.165, 1.54) is 36.4 Å². The second-order valence-electron chi connectivity index (χ2n) is 7.70. The van der Waals surface area contributed by atoms with E-state index >= 15 is 0 Å². The lowest BCUT2D eigenvalue weighted by Gasteiger charge is -2.28. The van der Waals surface area contributed by atoms with Gasteiger partial charge in [-0.15, -0.1) is 0 Å². The number of halogens is 3. The van der Waals surface area contributed by atoms with Gasteiger partial charge in [-0.1, -0.05) is 50.2 Å². The van der Waals surface area contributed by atoms with E-state index < -0.39 is 30.1 Å². The molecule has 0 heterocycles. The molecule has 9 heteroatoms. The third-order valence-corrected chi connectivity index (χ3v) is 4.77. The number of rotatable bonds is 9. The molecule has 0 aliphatic rings. The van der Waals surface area contributed by atoms with Gasteiger partial charge >= 0.3 is 12.1 Å². The summed E-state index contributed by atoms with van der Waals surface area (Å²) in [4.78, 5) is 23.3. The molecule has 3 N–H and O–H groups in total. The van der Waals surface area contributed by atoms with Crippen molar-refractivity contribution in [3.05, 3.63) is 59.7 Å². The molecule has 2 rings (SSSR count). The van der Waals surface area contributed by atoms with Gasteiger partial charge in [0.2, 0.25) is 5.91 Å². The van der Waals surface area contributed by atoms with Crippen LogP contribution in [0, 0.1) is 17.2 Å². The van der Waals surface area contributed by atoms with Crippen molar-refractivity contribution in [1.29, 1.82) is 5.26 Å². The highest BCUT2D eigenvalue weighted by Crippen LogP contribution is 2.34. The predicted octanol–water partition coefficient (Wildman–Crippen LogP) is 4.30. The Kier molecular flexibility index (Phi) is 8.38. The molecule has 0 bridgehead atoms. The Labute approximate surface area is 184 Å². The van der Waals surface area contributed by atoms with E-state index in [2.05, 4.69) is 10.6 Å². The van der Waals surface area contributed by atoms with Crippen LogP contribution in [0.3, 0.4) is 0 Å². The van der Waals surface area contributed by atoms with Crippen molar-refractivity contribution in [3.63, 3.8) is 0 Å². The second-order valence-corrected chi connectivity index (χ2v) is 7.70. The first-order valence-electron chi connectivity index (χ1n) is 9.94. The number of aromatic carboxylic acids is 1. The van der Waals surface area contributed by atoms with Gasteiger partial charge in [-0.2, -0.15) is 18.4 Å². The number of nitrogens with one attached hydrogen (secondary N) is 2. The molecule has 1 amide bonds. The Morgan fingerprint density at radius 2 is 1.56 bits per heavy atom. The molecule has 0 radical (unpaired) electrons. The first-order chi connectivity index (χ1) is 15.0.